The Morgan fingerprint density at radius 3 is 2.84 bits per heavy atom. The van der Waals surface area contributed by atoms with Gasteiger partial charge in [-0.15, -0.1) is 0 Å². The Morgan fingerprint density at radius 2 is 2.16 bits per heavy atom. The van der Waals surface area contributed by atoms with Crippen molar-refractivity contribution in [3.63, 3.8) is 0 Å². The number of fused-ring (bicyclic) bond motifs is 1. The number of ether oxygens (including phenoxy) is 1. The molecule has 0 atom stereocenters. The maximum absolute atomic E-state index is 12.2. The van der Waals surface area contributed by atoms with Crippen molar-refractivity contribution in [1.82, 2.24) is 4.98 Å². The first-order valence-electron chi connectivity index (χ1n) is 7.65. The zero-order chi connectivity index (χ0) is 18.0. The maximum Gasteiger partial charge on any atom is 0.249 e. The number of nitrogens with one attached hydrogen (secondary N) is 1. The molecule has 0 saturated carbocycles. The Kier molecular flexibility index (Phi) is 4.76. The molecule has 2 aromatic heterocycles. The van der Waals surface area contributed by atoms with E-state index in [1.807, 2.05) is 26.0 Å². The van der Waals surface area contributed by atoms with Crippen LogP contribution in [0.1, 0.15) is 18.1 Å². The summed E-state index contributed by atoms with van der Waals surface area (Å²) in [5.74, 6) is 0.804. The van der Waals surface area contributed by atoms with Gasteiger partial charge in [0.05, 0.1) is 18.4 Å². The predicted molar refractivity (Wildman–Crippen MR) is 99.0 cm³/mol. The number of carbonyl (C=O) groups excluding carboxylic acids is 1. The molecule has 0 radical (unpaired) electrons. The van der Waals surface area contributed by atoms with Gasteiger partial charge >= 0.3 is 0 Å². The first kappa shape index (κ1) is 17.0. The molecule has 0 bridgehead atoms. The number of rotatable bonds is 4. The lowest BCUT2D eigenvalue weighted by Gasteiger charge is -2.10. The van der Waals surface area contributed by atoms with Crippen molar-refractivity contribution >= 4 is 39.9 Å². The summed E-state index contributed by atoms with van der Waals surface area (Å²) in [7, 11) is 1.59. The van der Waals surface area contributed by atoms with Gasteiger partial charge in [0, 0.05) is 29.3 Å². The molecule has 2 heterocycles. The number of amides is 1. The molecule has 3 aromatic rings. The fraction of sp³-hybridized carbons (Fsp3) is 0.158. The number of hydrogen-bond acceptors (Lipinski definition) is 4. The standard InChI is InChI=1S/C19H17ClN2O3/c1-11(6-19(23)22-18-5-4-13(20)9-21-18)14-7-15-12(2)10-25-17(15)8-16(14)24-3/h4-10H,1-3H3,(H,21,22,23)/b11-6+. The van der Waals surface area contributed by atoms with E-state index in [9.17, 15) is 4.79 Å². The zero-order valence-corrected chi connectivity index (χ0v) is 14.8. The summed E-state index contributed by atoms with van der Waals surface area (Å²) >= 11 is 5.79. The van der Waals surface area contributed by atoms with Crippen molar-refractivity contribution in [2.24, 2.45) is 0 Å². The van der Waals surface area contributed by atoms with Crippen LogP contribution in [-0.2, 0) is 4.79 Å². The topological polar surface area (TPSA) is 64.4 Å². The second-order valence-corrected chi connectivity index (χ2v) is 6.08. The number of allylic oxidation sites excluding steroid dienone is 1. The van der Waals surface area contributed by atoms with Gasteiger partial charge in [-0.3, -0.25) is 4.79 Å². The molecule has 0 aliphatic heterocycles. The predicted octanol–water partition coefficient (Wildman–Crippen LogP) is 4.84. The van der Waals surface area contributed by atoms with Gasteiger partial charge in [0.1, 0.15) is 17.2 Å². The largest absolute Gasteiger partial charge is 0.496 e. The molecule has 25 heavy (non-hydrogen) atoms. The summed E-state index contributed by atoms with van der Waals surface area (Å²) in [5.41, 5.74) is 3.38. The van der Waals surface area contributed by atoms with Crippen molar-refractivity contribution in [3.8, 4) is 5.75 Å². The highest BCUT2D eigenvalue weighted by Crippen LogP contribution is 2.33. The number of hydrogen-bond donors (Lipinski definition) is 1. The Morgan fingerprint density at radius 1 is 1.36 bits per heavy atom. The van der Waals surface area contributed by atoms with E-state index in [-0.39, 0.29) is 5.91 Å². The molecule has 0 unspecified atom stereocenters. The lowest BCUT2D eigenvalue weighted by Crippen LogP contribution is -2.09. The number of carbonyl (C=O) groups is 1. The van der Waals surface area contributed by atoms with Gasteiger partial charge in [0.25, 0.3) is 0 Å². The molecule has 1 aromatic carbocycles. The minimum absolute atomic E-state index is 0.279. The Bertz CT molecular complexity index is 959. The molecule has 0 saturated heterocycles. The van der Waals surface area contributed by atoms with Crippen molar-refractivity contribution in [2.75, 3.05) is 12.4 Å². The van der Waals surface area contributed by atoms with E-state index >= 15 is 0 Å². The second-order valence-electron chi connectivity index (χ2n) is 5.65. The molecular formula is C19H17ClN2O3. The number of aryl methyl sites for hydroxylation is 1. The molecule has 0 aliphatic rings. The van der Waals surface area contributed by atoms with Crippen LogP contribution in [0.4, 0.5) is 5.82 Å². The normalized spacial score (nSPS) is 11.6. The summed E-state index contributed by atoms with van der Waals surface area (Å²) in [4.78, 5) is 16.3. The van der Waals surface area contributed by atoms with E-state index in [0.29, 0.717) is 16.6 Å². The monoisotopic (exact) mass is 356 g/mol. The van der Waals surface area contributed by atoms with Crippen molar-refractivity contribution in [3.05, 3.63) is 59.0 Å². The van der Waals surface area contributed by atoms with E-state index < -0.39 is 0 Å². The van der Waals surface area contributed by atoms with Crippen LogP contribution in [0.5, 0.6) is 5.75 Å². The number of nitrogens with zero attached hydrogens (tertiary/aromatic N) is 1. The van der Waals surface area contributed by atoms with Gasteiger partial charge in [-0.05, 0) is 43.2 Å². The van der Waals surface area contributed by atoms with Crippen molar-refractivity contribution < 1.29 is 13.9 Å². The van der Waals surface area contributed by atoms with E-state index in [4.69, 9.17) is 20.8 Å². The number of benzene rings is 1. The first-order chi connectivity index (χ1) is 12.0. The number of aromatic nitrogens is 1. The number of pyridine rings is 1. The second kappa shape index (κ2) is 6.99. The average Bonchev–Trinajstić information content (AvgIpc) is 2.96. The number of methoxy groups -OCH3 is 1. The van der Waals surface area contributed by atoms with Crippen LogP contribution in [0.2, 0.25) is 5.02 Å². The van der Waals surface area contributed by atoms with Crippen LogP contribution in [0.25, 0.3) is 16.5 Å². The third-order valence-electron chi connectivity index (χ3n) is 3.84. The van der Waals surface area contributed by atoms with Gasteiger partial charge in [0.2, 0.25) is 5.91 Å². The Hall–Kier alpha value is -2.79. The summed E-state index contributed by atoms with van der Waals surface area (Å²) in [6.07, 6.45) is 4.69. The first-order valence-corrected chi connectivity index (χ1v) is 8.03. The fourth-order valence-electron chi connectivity index (χ4n) is 2.55. The molecule has 128 valence electrons. The summed E-state index contributed by atoms with van der Waals surface area (Å²) in [6.45, 7) is 3.83. The Balaban J connectivity index is 1.90. The van der Waals surface area contributed by atoms with Crippen LogP contribution >= 0.6 is 11.6 Å². The van der Waals surface area contributed by atoms with Crippen molar-refractivity contribution in [2.45, 2.75) is 13.8 Å². The van der Waals surface area contributed by atoms with Gasteiger partial charge in [-0.25, -0.2) is 4.98 Å². The minimum atomic E-state index is -0.279. The zero-order valence-electron chi connectivity index (χ0n) is 14.1. The van der Waals surface area contributed by atoms with Crippen LogP contribution in [0.15, 0.2) is 47.2 Å². The summed E-state index contributed by atoms with van der Waals surface area (Å²) in [5, 5.41) is 4.21. The molecule has 3 rings (SSSR count). The highest BCUT2D eigenvalue weighted by atomic mass is 35.5. The number of anilines is 1. The summed E-state index contributed by atoms with van der Waals surface area (Å²) < 4.78 is 10.9. The third kappa shape index (κ3) is 3.67. The maximum atomic E-state index is 12.2. The van der Waals surface area contributed by atoms with Crippen molar-refractivity contribution in [1.29, 1.82) is 0 Å². The fourth-order valence-corrected chi connectivity index (χ4v) is 2.66. The highest BCUT2D eigenvalue weighted by Gasteiger charge is 2.12. The Labute approximate surface area is 150 Å². The van der Waals surface area contributed by atoms with E-state index in [1.54, 1.807) is 25.5 Å². The van der Waals surface area contributed by atoms with E-state index in [1.165, 1.54) is 12.3 Å². The molecule has 0 spiro atoms. The minimum Gasteiger partial charge on any atom is -0.496 e. The quantitative estimate of drug-likeness (QED) is 0.679. The lowest BCUT2D eigenvalue weighted by atomic mass is 10.0. The third-order valence-corrected chi connectivity index (χ3v) is 4.06. The SMILES string of the molecule is COc1cc2occ(C)c2cc1/C(C)=C/C(=O)Nc1ccc(Cl)cn1. The van der Waals surface area contributed by atoms with Crippen LogP contribution in [0, 0.1) is 6.92 Å². The van der Waals surface area contributed by atoms with Crippen LogP contribution < -0.4 is 10.1 Å². The molecule has 0 fully saturated rings. The number of halogens is 1. The van der Waals surface area contributed by atoms with E-state index in [0.717, 1.165) is 27.7 Å². The average molecular weight is 357 g/mol. The molecule has 6 heteroatoms. The van der Waals surface area contributed by atoms with Gasteiger partial charge in [-0.2, -0.15) is 0 Å². The smallest absolute Gasteiger partial charge is 0.249 e. The summed E-state index contributed by atoms with van der Waals surface area (Å²) in [6, 6.07) is 7.10. The molecular weight excluding hydrogens is 340 g/mol. The van der Waals surface area contributed by atoms with E-state index in [2.05, 4.69) is 10.3 Å². The van der Waals surface area contributed by atoms with Crippen LogP contribution in [-0.4, -0.2) is 18.0 Å². The van der Waals surface area contributed by atoms with Crippen LogP contribution in [0.3, 0.4) is 0 Å². The molecule has 1 N–H and O–H groups in total. The molecule has 5 nitrogen and oxygen atoms in total. The highest BCUT2D eigenvalue weighted by molar-refractivity contribution is 6.30. The molecule has 0 aliphatic carbocycles. The van der Waals surface area contributed by atoms with Gasteiger partial charge < -0.3 is 14.5 Å². The van der Waals surface area contributed by atoms with Gasteiger partial charge in [-0.1, -0.05) is 11.6 Å². The lowest BCUT2D eigenvalue weighted by molar-refractivity contribution is -0.111. The van der Waals surface area contributed by atoms with Gasteiger partial charge in [0.15, 0.2) is 0 Å². The molecule has 1 amide bonds. The number of furan rings is 1.